The van der Waals surface area contributed by atoms with Gasteiger partial charge in [-0.15, -0.1) is 5.10 Å². The molecule has 132 valence electrons. The maximum Gasteiger partial charge on any atom is 0.247 e. The van der Waals surface area contributed by atoms with Crippen LogP contribution in [-0.2, 0) is 0 Å². The van der Waals surface area contributed by atoms with Crippen LogP contribution in [0, 0.1) is 0 Å². The molecule has 7 nitrogen and oxygen atoms in total. The molecule has 0 amide bonds. The Kier molecular flexibility index (Phi) is 4.90. The highest BCUT2D eigenvalue weighted by atomic mass is 15.4. The Morgan fingerprint density at radius 3 is 2.12 bits per heavy atom. The van der Waals surface area contributed by atoms with E-state index in [4.69, 9.17) is 4.98 Å². The van der Waals surface area contributed by atoms with Crippen molar-refractivity contribution in [1.82, 2.24) is 20.2 Å². The summed E-state index contributed by atoms with van der Waals surface area (Å²) in [6, 6.07) is 6.06. The topological polar surface area (TPSA) is 61.3 Å². The summed E-state index contributed by atoms with van der Waals surface area (Å²) in [4.78, 5) is 16.2. The normalized spacial score (nSPS) is 19.0. The van der Waals surface area contributed by atoms with Crippen LogP contribution in [0.2, 0.25) is 0 Å². The fraction of sp³-hybridized carbons (Fsp3) is 0.556. The van der Waals surface area contributed by atoms with Gasteiger partial charge >= 0.3 is 0 Å². The van der Waals surface area contributed by atoms with Crippen molar-refractivity contribution in [2.24, 2.45) is 0 Å². The van der Waals surface area contributed by atoms with Gasteiger partial charge in [0.2, 0.25) is 5.95 Å². The molecule has 0 bridgehead atoms. The van der Waals surface area contributed by atoms with Crippen LogP contribution in [0.4, 0.5) is 17.6 Å². The van der Waals surface area contributed by atoms with Crippen LogP contribution >= 0.6 is 0 Å². The number of hydrogen-bond donors (Lipinski definition) is 0. The van der Waals surface area contributed by atoms with Crippen LogP contribution in [0.1, 0.15) is 25.7 Å². The number of pyridine rings is 1. The quantitative estimate of drug-likeness (QED) is 0.847. The molecule has 4 heterocycles. The fourth-order valence-electron chi connectivity index (χ4n) is 3.55. The first kappa shape index (κ1) is 16.1. The van der Waals surface area contributed by atoms with Crippen LogP contribution < -0.4 is 14.7 Å². The van der Waals surface area contributed by atoms with Crippen molar-refractivity contribution in [3.8, 4) is 0 Å². The molecule has 2 aliphatic heterocycles. The number of nitrogens with zero attached hydrogens (tertiary/aromatic N) is 7. The smallest absolute Gasteiger partial charge is 0.247 e. The van der Waals surface area contributed by atoms with Gasteiger partial charge < -0.3 is 14.7 Å². The Morgan fingerprint density at radius 1 is 0.720 bits per heavy atom. The Hall–Kier alpha value is -2.44. The van der Waals surface area contributed by atoms with Gasteiger partial charge in [-0.3, -0.25) is 0 Å². The summed E-state index contributed by atoms with van der Waals surface area (Å²) in [5.41, 5.74) is 0. The van der Waals surface area contributed by atoms with E-state index in [9.17, 15) is 0 Å². The highest BCUT2D eigenvalue weighted by Gasteiger charge is 2.21. The molecule has 0 unspecified atom stereocenters. The molecule has 0 radical (unpaired) electrons. The second kappa shape index (κ2) is 7.63. The van der Waals surface area contributed by atoms with Gasteiger partial charge in [-0.25, -0.2) is 4.98 Å². The number of piperazine rings is 1. The van der Waals surface area contributed by atoms with Crippen LogP contribution in [0.3, 0.4) is 0 Å². The first-order valence-corrected chi connectivity index (χ1v) is 9.26. The molecule has 0 saturated carbocycles. The minimum absolute atomic E-state index is 0.784. The summed E-state index contributed by atoms with van der Waals surface area (Å²) in [5, 5.41) is 8.50. The van der Waals surface area contributed by atoms with E-state index in [1.165, 1.54) is 25.7 Å². The molecule has 2 aliphatic rings. The molecule has 4 rings (SSSR count). The lowest BCUT2D eigenvalue weighted by Crippen LogP contribution is -2.47. The van der Waals surface area contributed by atoms with Crippen molar-refractivity contribution in [3.05, 3.63) is 30.6 Å². The number of aromatic nitrogens is 4. The van der Waals surface area contributed by atoms with Gasteiger partial charge in [0.25, 0.3) is 0 Å². The molecule has 0 spiro atoms. The Balaban J connectivity index is 1.42. The van der Waals surface area contributed by atoms with E-state index in [0.29, 0.717) is 0 Å². The Labute approximate surface area is 148 Å². The van der Waals surface area contributed by atoms with Crippen LogP contribution in [0.5, 0.6) is 0 Å². The lowest BCUT2D eigenvalue weighted by atomic mass is 10.2. The van der Waals surface area contributed by atoms with Crippen molar-refractivity contribution in [3.63, 3.8) is 0 Å². The second-order valence-corrected chi connectivity index (χ2v) is 6.68. The summed E-state index contributed by atoms with van der Waals surface area (Å²) in [6.07, 6.45) is 8.69. The van der Waals surface area contributed by atoms with Crippen molar-refractivity contribution in [2.45, 2.75) is 25.7 Å². The molecule has 0 atom stereocenters. The Morgan fingerprint density at radius 2 is 1.44 bits per heavy atom. The van der Waals surface area contributed by atoms with Gasteiger partial charge in [-0.05, 0) is 25.0 Å². The Bertz CT molecular complexity index is 662. The van der Waals surface area contributed by atoms with Gasteiger partial charge in [-0.1, -0.05) is 18.9 Å². The molecule has 0 aromatic carbocycles. The zero-order valence-electron chi connectivity index (χ0n) is 14.6. The SMILES string of the molecule is c1ccc(N2CCN(c3cnnc(N4CCCCCC4)n3)CC2)nc1. The molecule has 0 aliphatic carbocycles. The average molecular weight is 339 g/mol. The van der Waals surface area contributed by atoms with E-state index in [-0.39, 0.29) is 0 Å². The van der Waals surface area contributed by atoms with Crippen LogP contribution in [0.15, 0.2) is 30.6 Å². The van der Waals surface area contributed by atoms with E-state index in [1.807, 2.05) is 18.3 Å². The number of hydrogen-bond acceptors (Lipinski definition) is 7. The zero-order chi connectivity index (χ0) is 16.9. The van der Waals surface area contributed by atoms with Gasteiger partial charge in [0.1, 0.15) is 5.82 Å². The molecule has 25 heavy (non-hydrogen) atoms. The predicted molar refractivity (Wildman–Crippen MR) is 99.2 cm³/mol. The van der Waals surface area contributed by atoms with Crippen molar-refractivity contribution < 1.29 is 0 Å². The predicted octanol–water partition coefficient (Wildman–Crippen LogP) is 1.97. The van der Waals surface area contributed by atoms with Gasteiger partial charge in [0.05, 0.1) is 6.20 Å². The second-order valence-electron chi connectivity index (χ2n) is 6.68. The van der Waals surface area contributed by atoms with E-state index >= 15 is 0 Å². The lowest BCUT2D eigenvalue weighted by molar-refractivity contribution is 0.636. The molecule has 2 fully saturated rings. The minimum Gasteiger partial charge on any atom is -0.353 e. The molecule has 2 saturated heterocycles. The average Bonchev–Trinajstić information content (AvgIpc) is 2.99. The standard InChI is InChI=1S/C18H25N7/c1-2-6-10-25(9-5-1)18-21-17(15-20-22-18)24-13-11-23(12-14-24)16-7-3-4-8-19-16/h3-4,7-8,15H,1-2,5-6,9-14H2. The van der Waals surface area contributed by atoms with Crippen LogP contribution in [-0.4, -0.2) is 59.4 Å². The van der Waals surface area contributed by atoms with Gasteiger partial charge in [0.15, 0.2) is 5.82 Å². The largest absolute Gasteiger partial charge is 0.353 e. The van der Waals surface area contributed by atoms with E-state index in [1.54, 1.807) is 6.20 Å². The molecule has 2 aromatic heterocycles. The summed E-state index contributed by atoms with van der Waals surface area (Å²) in [5.74, 6) is 2.77. The highest BCUT2D eigenvalue weighted by molar-refractivity contribution is 5.45. The summed E-state index contributed by atoms with van der Waals surface area (Å²) in [6.45, 7) is 5.82. The third-order valence-corrected chi connectivity index (χ3v) is 5.00. The third kappa shape index (κ3) is 3.81. The third-order valence-electron chi connectivity index (χ3n) is 5.00. The molecule has 7 heteroatoms. The van der Waals surface area contributed by atoms with E-state index in [0.717, 1.165) is 56.9 Å². The zero-order valence-corrected chi connectivity index (χ0v) is 14.6. The van der Waals surface area contributed by atoms with E-state index < -0.39 is 0 Å². The summed E-state index contributed by atoms with van der Waals surface area (Å²) >= 11 is 0. The number of anilines is 3. The highest BCUT2D eigenvalue weighted by Crippen LogP contribution is 2.20. The summed E-state index contributed by atoms with van der Waals surface area (Å²) in [7, 11) is 0. The van der Waals surface area contributed by atoms with Crippen molar-refractivity contribution in [2.75, 3.05) is 54.0 Å². The monoisotopic (exact) mass is 339 g/mol. The van der Waals surface area contributed by atoms with Crippen molar-refractivity contribution >= 4 is 17.6 Å². The minimum atomic E-state index is 0.784. The molecular formula is C18H25N7. The van der Waals surface area contributed by atoms with Crippen LogP contribution in [0.25, 0.3) is 0 Å². The maximum absolute atomic E-state index is 4.80. The molecular weight excluding hydrogens is 314 g/mol. The summed E-state index contributed by atoms with van der Waals surface area (Å²) < 4.78 is 0. The van der Waals surface area contributed by atoms with E-state index in [2.05, 4.69) is 35.9 Å². The van der Waals surface area contributed by atoms with Gasteiger partial charge in [-0.2, -0.15) is 10.1 Å². The van der Waals surface area contributed by atoms with Crippen molar-refractivity contribution in [1.29, 1.82) is 0 Å². The number of rotatable bonds is 3. The lowest BCUT2D eigenvalue weighted by Gasteiger charge is -2.36. The molecule has 0 N–H and O–H groups in total. The first-order chi connectivity index (χ1) is 12.4. The maximum atomic E-state index is 4.80. The first-order valence-electron chi connectivity index (χ1n) is 9.26. The van der Waals surface area contributed by atoms with Gasteiger partial charge in [0, 0.05) is 45.5 Å². The fourth-order valence-corrected chi connectivity index (χ4v) is 3.55. The molecule has 2 aromatic rings.